The standard InChI is InChI=1S/C11H7N5/c1-2-8(6-12-4-1)11-14-9-3-5-13-7-10(9)15-16-11/h1-7H. The van der Waals surface area contributed by atoms with Crippen molar-refractivity contribution in [3.05, 3.63) is 43.0 Å². The summed E-state index contributed by atoms with van der Waals surface area (Å²) >= 11 is 0. The highest BCUT2D eigenvalue weighted by Gasteiger charge is 2.03. The van der Waals surface area contributed by atoms with Gasteiger partial charge in [-0.1, -0.05) is 0 Å². The molecule has 3 rings (SSSR count). The van der Waals surface area contributed by atoms with Gasteiger partial charge in [0.15, 0.2) is 5.82 Å². The van der Waals surface area contributed by atoms with Crippen LogP contribution in [0.5, 0.6) is 0 Å². The second kappa shape index (κ2) is 3.62. The molecule has 0 amide bonds. The van der Waals surface area contributed by atoms with Crippen molar-refractivity contribution < 1.29 is 0 Å². The zero-order valence-electron chi connectivity index (χ0n) is 8.28. The number of hydrogen-bond donors (Lipinski definition) is 0. The molecule has 0 spiro atoms. The van der Waals surface area contributed by atoms with Gasteiger partial charge in [0.25, 0.3) is 0 Å². The Hall–Kier alpha value is -2.43. The van der Waals surface area contributed by atoms with E-state index in [4.69, 9.17) is 0 Å². The van der Waals surface area contributed by atoms with Crippen molar-refractivity contribution in [1.29, 1.82) is 0 Å². The Balaban J connectivity index is 2.19. The van der Waals surface area contributed by atoms with Crippen molar-refractivity contribution in [2.75, 3.05) is 0 Å². The Morgan fingerprint density at radius 3 is 2.62 bits per heavy atom. The summed E-state index contributed by atoms with van der Waals surface area (Å²) in [7, 11) is 0. The second-order valence-electron chi connectivity index (χ2n) is 3.24. The molecule has 0 saturated heterocycles. The van der Waals surface area contributed by atoms with Crippen LogP contribution >= 0.6 is 0 Å². The molecule has 5 heteroatoms. The molecule has 0 fully saturated rings. The average Bonchev–Trinajstić information content (AvgIpc) is 2.39. The van der Waals surface area contributed by atoms with E-state index < -0.39 is 0 Å². The summed E-state index contributed by atoms with van der Waals surface area (Å²) in [5, 5.41) is 8.09. The third kappa shape index (κ3) is 1.48. The van der Waals surface area contributed by atoms with Gasteiger partial charge in [0.2, 0.25) is 0 Å². The predicted octanol–water partition coefficient (Wildman–Crippen LogP) is 1.48. The molecule has 0 N–H and O–H groups in total. The number of pyridine rings is 2. The molecule has 3 aromatic heterocycles. The Morgan fingerprint density at radius 2 is 1.75 bits per heavy atom. The molecule has 0 radical (unpaired) electrons. The van der Waals surface area contributed by atoms with Gasteiger partial charge in [0, 0.05) is 24.2 Å². The molecule has 0 aliphatic rings. The molecule has 76 valence electrons. The molecule has 0 atom stereocenters. The van der Waals surface area contributed by atoms with Crippen molar-refractivity contribution in [2.24, 2.45) is 0 Å². The fourth-order valence-corrected chi connectivity index (χ4v) is 1.41. The van der Waals surface area contributed by atoms with Crippen LogP contribution in [0.1, 0.15) is 0 Å². The number of rotatable bonds is 1. The molecule has 5 nitrogen and oxygen atoms in total. The first kappa shape index (κ1) is 8.84. The first-order valence-electron chi connectivity index (χ1n) is 4.78. The van der Waals surface area contributed by atoms with Gasteiger partial charge in [-0.05, 0) is 18.2 Å². The van der Waals surface area contributed by atoms with Gasteiger partial charge < -0.3 is 0 Å². The van der Waals surface area contributed by atoms with E-state index in [1.807, 2.05) is 18.2 Å². The summed E-state index contributed by atoms with van der Waals surface area (Å²) in [6.07, 6.45) is 6.75. The minimum absolute atomic E-state index is 0.576. The van der Waals surface area contributed by atoms with E-state index in [1.165, 1.54) is 0 Å². The third-order valence-electron chi connectivity index (χ3n) is 2.18. The van der Waals surface area contributed by atoms with Crippen molar-refractivity contribution in [2.45, 2.75) is 0 Å². The SMILES string of the molecule is c1cncc(-c2nnc3cnccc3n2)c1. The van der Waals surface area contributed by atoms with Crippen LogP contribution in [0.4, 0.5) is 0 Å². The lowest BCUT2D eigenvalue weighted by Gasteiger charge is -1.99. The van der Waals surface area contributed by atoms with Crippen LogP contribution in [-0.4, -0.2) is 25.1 Å². The van der Waals surface area contributed by atoms with E-state index in [9.17, 15) is 0 Å². The summed E-state index contributed by atoms with van der Waals surface area (Å²) < 4.78 is 0. The van der Waals surface area contributed by atoms with Crippen LogP contribution in [0.3, 0.4) is 0 Å². The van der Waals surface area contributed by atoms with Crippen LogP contribution in [0.25, 0.3) is 22.4 Å². The van der Waals surface area contributed by atoms with E-state index in [0.717, 1.165) is 11.1 Å². The van der Waals surface area contributed by atoms with Gasteiger partial charge in [0.1, 0.15) is 5.52 Å². The topological polar surface area (TPSA) is 64.5 Å². The highest BCUT2D eigenvalue weighted by molar-refractivity contribution is 5.73. The molecule has 3 heterocycles. The predicted molar refractivity (Wildman–Crippen MR) is 58.4 cm³/mol. The van der Waals surface area contributed by atoms with E-state index in [-0.39, 0.29) is 0 Å². The number of nitrogens with zero attached hydrogens (tertiary/aromatic N) is 5. The summed E-state index contributed by atoms with van der Waals surface area (Å²) in [4.78, 5) is 12.4. The maximum atomic E-state index is 4.39. The monoisotopic (exact) mass is 209 g/mol. The van der Waals surface area contributed by atoms with Crippen LogP contribution < -0.4 is 0 Å². The molecular formula is C11H7N5. The maximum Gasteiger partial charge on any atom is 0.183 e. The maximum absolute atomic E-state index is 4.39. The molecule has 0 aliphatic heterocycles. The lowest BCUT2D eigenvalue weighted by molar-refractivity contribution is 1.02. The molecule has 0 saturated carbocycles. The van der Waals surface area contributed by atoms with Gasteiger partial charge in [-0.15, -0.1) is 10.2 Å². The number of aromatic nitrogens is 5. The Bertz CT molecular complexity index is 623. The highest BCUT2D eigenvalue weighted by Crippen LogP contribution is 2.14. The summed E-state index contributed by atoms with van der Waals surface area (Å²) in [5.41, 5.74) is 2.33. The van der Waals surface area contributed by atoms with E-state index >= 15 is 0 Å². The summed E-state index contributed by atoms with van der Waals surface area (Å²) in [5.74, 6) is 0.576. The molecule has 3 aromatic rings. The van der Waals surface area contributed by atoms with Gasteiger partial charge in [-0.25, -0.2) is 4.98 Å². The van der Waals surface area contributed by atoms with Gasteiger partial charge >= 0.3 is 0 Å². The smallest absolute Gasteiger partial charge is 0.183 e. The van der Waals surface area contributed by atoms with Gasteiger partial charge in [0.05, 0.1) is 11.7 Å². The minimum atomic E-state index is 0.576. The number of fused-ring (bicyclic) bond motifs is 1. The van der Waals surface area contributed by atoms with Gasteiger partial charge in [-0.3, -0.25) is 9.97 Å². The van der Waals surface area contributed by atoms with E-state index in [1.54, 1.807) is 24.8 Å². The first-order valence-corrected chi connectivity index (χ1v) is 4.78. The average molecular weight is 209 g/mol. The zero-order valence-corrected chi connectivity index (χ0v) is 8.28. The molecular weight excluding hydrogens is 202 g/mol. The third-order valence-corrected chi connectivity index (χ3v) is 2.18. The van der Waals surface area contributed by atoms with Crippen LogP contribution in [-0.2, 0) is 0 Å². The fraction of sp³-hybridized carbons (Fsp3) is 0. The van der Waals surface area contributed by atoms with Crippen molar-refractivity contribution in [3.63, 3.8) is 0 Å². The molecule has 0 unspecified atom stereocenters. The zero-order chi connectivity index (χ0) is 10.8. The lowest BCUT2D eigenvalue weighted by Crippen LogP contribution is -1.94. The lowest BCUT2D eigenvalue weighted by atomic mass is 10.3. The van der Waals surface area contributed by atoms with Crippen LogP contribution in [0.2, 0.25) is 0 Å². The minimum Gasteiger partial charge on any atom is -0.264 e. The molecule has 0 aromatic carbocycles. The first-order chi connectivity index (χ1) is 7.93. The fourth-order valence-electron chi connectivity index (χ4n) is 1.41. The highest BCUT2D eigenvalue weighted by atomic mass is 15.2. The van der Waals surface area contributed by atoms with Gasteiger partial charge in [-0.2, -0.15) is 0 Å². The Morgan fingerprint density at radius 1 is 0.812 bits per heavy atom. The molecule has 0 bridgehead atoms. The van der Waals surface area contributed by atoms with Crippen LogP contribution in [0, 0.1) is 0 Å². The molecule has 16 heavy (non-hydrogen) atoms. The summed E-state index contributed by atoms with van der Waals surface area (Å²) in [6.45, 7) is 0. The Kier molecular flexibility index (Phi) is 2.00. The van der Waals surface area contributed by atoms with Crippen molar-refractivity contribution in [1.82, 2.24) is 25.1 Å². The second-order valence-corrected chi connectivity index (χ2v) is 3.24. The Labute approximate surface area is 91.2 Å². The summed E-state index contributed by atoms with van der Waals surface area (Å²) in [6, 6.07) is 5.55. The van der Waals surface area contributed by atoms with Crippen LogP contribution in [0.15, 0.2) is 43.0 Å². The normalized spacial score (nSPS) is 10.5. The largest absolute Gasteiger partial charge is 0.264 e. The number of hydrogen-bond acceptors (Lipinski definition) is 5. The quantitative estimate of drug-likeness (QED) is 0.607. The van der Waals surface area contributed by atoms with Crippen molar-refractivity contribution in [3.8, 4) is 11.4 Å². The van der Waals surface area contributed by atoms with E-state index in [2.05, 4.69) is 25.1 Å². The van der Waals surface area contributed by atoms with E-state index in [0.29, 0.717) is 11.3 Å². The van der Waals surface area contributed by atoms with Crippen molar-refractivity contribution >= 4 is 11.0 Å². The molecule has 0 aliphatic carbocycles.